The number of anilines is 1. The molecule has 0 aliphatic rings. The van der Waals surface area contributed by atoms with Crippen molar-refractivity contribution in [3.63, 3.8) is 0 Å². The van der Waals surface area contributed by atoms with Gasteiger partial charge < -0.3 is 14.6 Å². The van der Waals surface area contributed by atoms with Crippen LogP contribution in [0.15, 0.2) is 34.2 Å². The average Bonchev–Trinajstić information content (AvgIpc) is 3.34. The predicted octanol–water partition coefficient (Wildman–Crippen LogP) is 4.71. The lowest BCUT2D eigenvalue weighted by molar-refractivity contribution is 0.103. The standard InChI is InChI=1S/C18H15ClN4O3S/c1-9-13(10(2)26-23-9)8-25-11-3-4-15-12(7-11)17(22-21-15)20-18(24)16-14(19)5-6-27-16/h3-7H,8H2,1-2H3,(H2,20,21,22,24). The number of aromatic amines is 1. The van der Waals surface area contributed by atoms with Crippen LogP contribution in [0.5, 0.6) is 5.75 Å². The van der Waals surface area contributed by atoms with Crippen LogP contribution >= 0.6 is 22.9 Å². The van der Waals surface area contributed by atoms with Crippen LogP contribution in [0.4, 0.5) is 5.82 Å². The first-order chi connectivity index (χ1) is 13.0. The fourth-order valence-corrected chi connectivity index (χ4v) is 3.70. The number of nitrogens with zero attached hydrogens (tertiary/aromatic N) is 2. The number of nitrogens with one attached hydrogen (secondary N) is 2. The number of aryl methyl sites for hydroxylation is 2. The zero-order valence-corrected chi connectivity index (χ0v) is 16.1. The molecule has 1 aromatic carbocycles. The third-order valence-electron chi connectivity index (χ3n) is 4.15. The lowest BCUT2D eigenvalue weighted by atomic mass is 10.2. The fourth-order valence-electron chi connectivity index (χ4n) is 2.66. The van der Waals surface area contributed by atoms with E-state index in [0.717, 1.165) is 27.9 Å². The first kappa shape index (κ1) is 17.6. The molecule has 0 fully saturated rings. The number of hydrogen-bond donors (Lipinski definition) is 2. The Kier molecular flexibility index (Phi) is 4.59. The van der Waals surface area contributed by atoms with Crippen molar-refractivity contribution in [2.75, 3.05) is 5.32 Å². The molecule has 0 radical (unpaired) electrons. The number of fused-ring (bicyclic) bond motifs is 1. The molecular weight excluding hydrogens is 388 g/mol. The second kappa shape index (κ2) is 7.05. The molecule has 1 amide bonds. The van der Waals surface area contributed by atoms with Crippen molar-refractivity contribution in [3.8, 4) is 5.75 Å². The Labute approximate surface area is 163 Å². The van der Waals surface area contributed by atoms with Gasteiger partial charge in [0.05, 0.1) is 21.8 Å². The second-order valence-electron chi connectivity index (χ2n) is 5.92. The summed E-state index contributed by atoms with van der Waals surface area (Å²) in [7, 11) is 0. The summed E-state index contributed by atoms with van der Waals surface area (Å²) < 4.78 is 11.0. The Morgan fingerprint density at radius 3 is 2.93 bits per heavy atom. The van der Waals surface area contributed by atoms with Crippen molar-refractivity contribution in [2.24, 2.45) is 0 Å². The minimum absolute atomic E-state index is 0.301. The van der Waals surface area contributed by atoms with Gasteiger partial charge in [0.15, 0.2) is 5.82 Å². The molecule has 9 heteroatoms. The third-order valence-corrected chi connectivity index (χ3v) is 5.49. The van der Waals surface area contributed by atoms with E-state index < -0.39 is 0 Å². The van der Waals surface area contributed by atoms with Crippen LogP contribution in [0.2, 0.25) is 5.02 Å². The van der Waals surface area contributed by atoms with Gasteiger partial charge in [0.1, 0.15) is 23.0 Å². The van der Waals surface area contributed by atoms with Gasteiger partial charge in [-0.2, -0.15) is 5.10 Å². The summed E-state index contributed by atoms with van der Waals surface area (Å²) >= 11 is 7.30. The van der Waals surface area contributed by atoms with Crippen molar-refractivity contribution in [1.29, 1.82) is 0 Å². The van der Waals surface area contributed by atoms with Gasteiger partial charge >= 0.3 is 0 Å². The highest BCUT2D eigenvalue weighted by Crippen LogP contribution is 2.28. The van der Waals surface area contributed by atoms with E-state index in [1.807, 2.05) is 32.0 Å². The molecule has 4 aromatic rings. The lowest BCUT2D eigenvalue weighted by Gasteiger charge is -2.06. The van der Waals surface area contributed by atoms with Gasteiger partial charge in [0, 0.05) is 5.39 Å². The van der Waals surface area contributed by atoms with E-state index in [0.29, 0.717) is 28.1 Å². The highest BCUT2D eigenvalue weighted by Gasteiger charge is 2.16. The van der Waals surface area contributed by atoms with Gasteiger partial charge in [-0.1, -0.05) is 16.8 Å². The van der Waals surface area contributed by atoms with E-state index in [9.17, 15) is 4.79 Å². The molecule has 0 bridgehead atoms. The molecule has 0 aliphatic heterocycles. The molecule has 138 valence electrons. The normalized spacial score (nSPS) is 11.1. The molecule has 0 unspecified atom stereocenters. The number of carbonyl (C=O) groups excluding carboxylic acids is 1. The zero-order valence-electron chi connectivity index (χ0n) is 14.5. The van der Waals surface area contributed by atoms with Crippen LogP contribution < -0.4 is 10.1 Å². The number of hydrogen-bond acceptors (Lipinski definition) is 6. The number of ether oxygens (including phenoxy) is 1. The van der Waals surface area contributed by atoms with E-state index in [1.54, 1.807) is 11.4 Å². The van der Waals surface area contributed by atoms with E-state index >= 15 is 0 Å². The summed E-state index contributed by atoms with van der Waals surface area (Å²) in [4.78, 5) is 12.8. The molecule has 0 saturated carbocycles. The monoisotopic (exact) mass is 402 g/mol. The zero-order chi connectivity index (χ0) is 19.0. The van der Waals surface area contributed by atoms with E-state index in [2.05, 4.69) is 20.7 Å². The first-order valence-corrected chi connectivity index (χ1v) is 9.35. The minimum Gasteiger partial charge on any atom is -0.489 e. The van der Waals surface area contributed by atoms with Crippen LogP contribution in [0.1, 0.15) is 26.7 Å². The Morgan fingerprint density at radius 1 is 1.37 bits per heavy atom. The summed E-state index contributed by atoms with van der Waals surface area (Å²) in [5, 5.41) is 16.7. The number of carbonyl (C=O) groups is 1. The van der Waals surface area contributed by atoms with Gasteiger partial charge in [0.2, 0.25) is 0 Å². The second-order valence-corrected chi connectivity index (χ2v) is 7.25. The topological polar surface area (TPSA) is 93.0 Å². The van der Waals surface area contributed by atoms with Crippen molar-refractivity contribution in [2.45, 2.75) is 20.5 Å². The number of aromatic nitrogens is 3. The smallest absolute Gasteiger partial charge is 0.268 e. The summed E-state index contributed by atoms with van der Waals surface area (Å²) in [6.07, 6.45) is 0. The summed E-state index contributed by atoms with van der Waals surface area (Å²) in [5.41, 5.74) is 2.51. The maximum Gasteiger partial charge on any atom is 0.268 e. The Hall–Kier alpha value is -2.84. The highest BCUT2D eigenvalue weighted by atomic mass is 35.5. The molecule has 7 nitrogen and oxygen atoms in total. The molecule has 3 heterocycles. The molecule has 3 aromatic heterocycles. The largest absolute Gasteiger partial charge is 0.489 e. The minimum atomic E-state index is -0.301. The number of rotatable bonds is 5. The van der Waals surface area contributed by atoms with Crippen LogP contribution in [-0.4, -0.2) is 21.3 Å². The van der Waals surface area contributed by atoms with Gasteiger partial charge in [-0.05, 0) is 43.5 Å². The molecule has 27 heavy (non-hydrogen) atoms. The molecule has 0 spiro atoms. The van der Waals surface area contributed by atoms with Crippen LogP contribution in [0.25, 0.3) is 10.9 Å². The highest BCUT2D eigenvalue weighted by molar-refractivity contribution is 7.12. The number of benzene rings is 1. The van der Waals surface area contributed by atoms with Crippen LogP contribution in [0, 0.1) is 13.8 Å². The third kappa shape index (κ3) is 3.41. The summed E-state index contributed by atoms with van der Waals surface area (Å²) in [5.74, 6) is 1.50. The maximum absolute atomic E-state index is 12.4. The Bertz CT molecular complexity index is 1110. The van der Waals surface area contributed by atoms with E-state index in [-0.39, 0.29) is 5.91 Å². The molecule has 2 N–H and O–H groups in total. The summed E-state index contributed by atoms with van der Waals surface area (Å²) in [6.45, 7) is 4.07. The number of amides is 1. The molecule has 0 atom stereocenters. The van der Waals surface area contributed by atoms with Gasteiger partial charge in [-0.3, -0.25) is 9.89 Å². The molecular formula is C18H15ClN4O3S. The summed E-state index contributed by atoms with van der Waals surface area (Å²) in [6, 6.07) is 7.19. The van der Waals surface area contributed by atoms with Crippen molar-refractivity contribution >= 4 is 45.6 Å². The van der Waals surface area contributed by atoms with E-state index in [1.165, 1.54) is 11.3 Å². The Morgan fingerprint density at radius 2 is 2.22 bits per heavy atom. The fraction of sp³-hybridized carbons (Fsp3) is 0.167. The number of H-pyrrole nitrogens is 1. The number of halogens is 1. The maximum atomic E-state index is 12.4. The number of thiophene rings is 1. The van der Waals surface area contributed by atoms with Crippen LogP contribution in [-0.2, 0) is 6.61 Å². The quantitative estimate of drug-likeness (QED) is 0.504. The van der Waals surface area contributed by atoms with Gasteiger partial charge in [-0.15, -0.1) is 11.3 Å². The van der Waals surface area contributed by atoms with Crippen molar-refractivity contribution in [1.82, 2.24) is 15.4 Å². The SMILES string of the molecule is Cc1noc(C)c1COc1ccc2[nH]nc(NC(=O)c3sccc3Cl)c2c1. The lowest BCUT2D eigenvalue weighted by Crippen LogP contribution is -2.11. The van der Waals surface area contributed by atoms with Gasteiger partial charge in [0.25, 0.3) is 5.91 Å². The van der Waals surface area contributed by atoms with Crippen molar-refractivity contribution in [3.05, 3.63) is 56.6 Å². The van der Waals surface area contributed by atoms with Gasteiger partial charge in [-0.25, -0.2) is 0 Å². The molecule has 4 rings (SSSR count). The van der Waals surface area contributed by atoms with Crippen molar-refractivity contribution < 1.29 is 14.1 Å². The Balaban J connectivity index is 1.56. The first-order valence-electron chi connectivity index (χ1n) is 8.10. The average molecular weight is 403 g/mol. The predicted molar refractivity (Wildman–Crippen MR) is 104 cm³/mol. The van der Waals surface area contributed by atoms with E-state index in [4.69, 9.17) is 20.9 Å². The molecule has 0 aliphatic carbocycles. The molecule has 0 saturated heterocycles. The van der Waals surface area contributed by atoms with Crippen LogP contribution in [0.3, 0.4) is 0 Å².